The van der Waals surface area contributed by atoms with Gasteiger partial charge in [0.2, 0.25) is 0 Å². The van der Waals surface area contributed by atoms with Crippen molar-refractivity contribution in [1.29, 1.82) is 0 Å². The fourth-order valence-corrected chi connectivity index (χ4v) is 3.31. The molecular formula is C15H20N2S2. The molecule has 102 valence electrons. The van der Waals surface area contributed by atoms with Crippen molar-refractivity contribution < 1.29 is 0 Å². The molecule has 2 aromatic heterocycles. The smallest absolute Gasteiger partial charge is 0.104 e. The van der Waals surface area contributed by atoms with Gasteiger partial charge in [-0.3, -0.25) is 0 Å². The van der Waals surface area contributed by atoms with Gasteiger partial charge in [0.15, 0.2) is 0 Å². The Labute approximate surface area is 123 Å². The van der Waals surface area contributed by atoms with E-state index in [0.717, 1.165) is 11.6 Å². The molecule has 0 radical (unpaired) electrons. The molecule has 0 saturated heterocycles. The topological polar surface area (TPSA) is 24.9 Å². The highest BCUT2D eigenvalue weighted by molar-refractivity contribution is 8.01. The van der Waals surface area contributed by atoms with Gasteiger partial charge >= 0.3 is 0 Å². The first-order valence-corrected chi connectivity index (χ1v) is 8.05. The molecule has 0 fully saturated rings. The lowest BCUT2D eigenvalue weighted by Crippen LogP contribution is -2.35. The molecule has 2 nitrogen and oxygen atoms in total. The molecule has 4 heteroatoms. The molecule has 0 spiro atoms. The SMILES string of the molecule is Cc1cc(CNC(C)(C)C)cnc1Sc1cccs1. The molecule has 0 unspecified atom stereocenters. The van der Waals surface area contributed by atoms with Crippen LogP contribution in [0.3, 0.4) is 0 Å². The summed E-state index contributed by atoms with van der Waals surface area (Å²) >= 11 is 3.50. The Hall–Kier alpha value is -0.840. The van der Waals surface area contributed by atoms with Gasteiger partial charge in [0.1, 0.15) is 5.03 Å². The van der Waals surface area contributed by atoms with Crippen LogP contribution < -0.4 is 5.32 Å². The van der Waals surface area contributed by atoms with Crippen LogP contribution in [0.15, 0.2) is 39.0 Å². The van der Waals surface area contributed by atoms with Crippen LogP contribution in [0.2, 0.25) is 0 Å². The third-order valence-electron chi connectivity index (χ3n) is 2.60. The van der Waals surface area contributed by atoms with Crippen molar-refractivity contribution in [2.24, 2.45) is 0 Å². The van der Waals surface area contributed by atoms with E-state index in [4.69, 9.17) is 0 Å². The summed E-state index contributed by atoms with van der Waals surface area (Å²) in [7, 11) is 0. The largest absolute Gasteiger partial charge is 0.308 e. The van der Waals surface area contributed by atoms with Gasteiger partial charge in [-0.25, -0.2) is 4.98 Å². The zero-order chi connectivity index (χ0) is 13.9. The molecule has 0 bridgehead atoms. The first-order chi connectivity index (χ1) is 8.94. The van der Waals surface area contributed by atoms with Gasteiger partial charge in [0.05, 0.1) is 4.21 Å². The summed E-state index contributed by atoms with van der Waals surface area (Å²) in [5.41, 5.74) is 2.62. The van der Waals surface area contributed by atoms with Crippen LogP contribution in [0.5, 0.6) is 0 Å². The quantitative estimate of drug-likeness (QED) is 0.898. The average molecular weight is 292 g/mol. The predicted octanol–water partition coefficient (Wildman–Crippen LogP) is 4.49. The number of pyridine rings is 1. The van der Waals surface area contributed by atoms with Crippen LogP contribution in [0.4, 0.5) is 0 Å². The fraction of sp³-hybridized carbons (Fsp3) is 0.400. The molecule has 0 aromatic carbocycles. The summed E-state index contributed by atoms with van der Waals surface area (Å²) < 4.78 is 1.29. The van der Waals surface area contributed by atoms with Crippen LogP contribution in [0, 0.1) is 6.92 Å². The van der Waals surface area contributed by atoms with E-state index in [2.05, 4.69) is 61.6 Å². The third kappa shape index (κ3) is 4.64. The summed E-state index contributed by atoms with van der Waals surface area (Å²) in [4.78, 5) is 4.58. The van der Waals surface area contributed by atoms with Gasteiger partial charge in [0.25, 0.3) is 0 Å². The van der Waals surface area contributed by atoms with Gasteiger partial charge in [-0.1, -0.05) is 23.9 Å². The van der Waals surface area contributed by atoms with E-state index in [1.807, 2.05) is 6.20 Å². The highest BCUT2D eigenvalue weighted by atomic mass is 32.2. The van der Waals surface area contributed by atoms with Crippen LogP contribution in [0.25, 0.3) is 0 Å². The van der Waals surface area contributed by atoms with Crippen molar-refractivity contribution in [1.82, 2.24) is 10.3 Å². The second-order valence-electron chi connectivity index (χ2n) is 5.60. The maximum atomic E-state index is 4.58. The molecule has 0 amide bonds. The van der Waals surface area contributed by atoms with Crippen LogP contribution >= 0.6 is 23.1 Å². The van der Waals surface area contributed by atoms with E-state index in [1.165, 1.54) is 15.3 Å². The van der Waals surface area contributed by atoms with Crippen molar-refractivity contribution in [2.45, 2.75) is 49.0 Å². The molecule has 0 atom stereocenters. The highest BCUT2D eigenvalue weighted by Gasteiger charge is 2.10. The maximum Gasteiger partial charge on any atom is 0.104 e. The first kappa shape index (κ1) is 14.6. The van der Waals surface area contributed by atoms with Gasteiger partial charge in [-0.2, -0.15) is 0 Å². The number of aromatic nitrogens is 1. The van der Waals surface area contributed by atoms with Crippen molar-refractivity contribution in [3.63, 3.8) is 0 Å². The Morgan fingerprint density at radius 3 is 2.74 bits per heavy atom. The summed E-state index contributed by atoms with van der Waals surface area (Å²) in [6.45, 7) is 9.52. The van der Waals surface area contributed by atoms with Gasteiger partial charge in [-0.15, -0.1) is 11.3 Å². The standard InChI is InChI=1S/C15H20N2S2/c1-11-8-12(10-17-15(2,3)4)9-16-14(11)19-13-6-5-7-18-13/h5-9,17H,10H2,1-4H3. The van der Waals surface area contributed by atoms with Crippen molar-refractivity contribution in [3.8, 4) is 0 Å². The summed E-state index contributed by atoms with van der Waals surface area (Å²) in [5, 5.41) is 6.68. The van der Waals surface area contributed by atoms with E-state index in [9.17, 15) is 0 Å². The molecule has 2 heterocycles. The first-order valence-electron chi connectivity index (χ1n) is 6.36. The second-order valence-corrected chi connectivity index (χ2v) is 7.84. The Morgan fingerprint density at radius 2 is 2.16 bits per heavy atom. The Morgan fingerprint density at radius 1 is 1.37 bits per heavy atom. The lowest BCUT2D eigenvalue weighted by molar-refractivity contribution is 0.424. The van der Waals surface area contributed by atoms with E-state index >= 15 is 0 Å². The van der Waals surface area contributed by atoms with E-state index < -0.39 is 0 Å². The average Bonchev–Trinajstić information content (AvgIpc) is 2.81. The Balaban J connectivity index is 2.05. The Bertz CT molecular complexity index is 528. The van der Waals surface area contributed by atoms with Crippen molar-refractivity contribution in [2.75, 3.05) is 0 Å². The molecule has 1 N–H and O–H groups in total. The molecule has 2 aromatic rings. The molecule has 0 aliphatic rings. The number of nitrogens with zero attached hydrogens (tertiary/aromatic N) is 1. The van der Waals surface area contributed by atoms with Gasteiger partial charge in [0, 0.05) is 18.3 Å². The third-order valence-corrected chi connectivity index (χ3v) is 4.76. The van der Waals surface area contributed by atoms with Crippen LogP contribution in [0.1, 0.15) is 31.9 Å². The normalized spacial score (nSPS) is 11.8. The summed E-state index contributed by atoms with van der Waals surface area (Å²) in [6.07, 6.45) is 1.97. The molecular weight excluding hydrogens is 272 g/mol. The molecule has 19 heavy (non-hydrogen) atoms. The second kappa shape index (κ2) is 6.07. The van der Waals surface area contributed by atoms with E-state index in [1.54, 1.807) is 23.1 Å². The lowest BCUT2D eigenvalue weighted by atomic mass is 10.1. The summed E-state index contributed by atoms with van der Waals surface area (Å²) in [6, 6.07) is 6.43. The fourth-order valence-electron chi connectivity index (χ4n) is 1.61. The molecule has 0 saturated carbocycles. The maximum absolute atomic E-state index is 4.58. The predicted molar refractivity (Wildman–Crippen MR) is 84.0 cm³/mol. The zero-order valence-corrected chi connectivity index (χ0v) is 13.5. The number of hydrogen-bond donors (Lipinski definition) is 1. The van der Waals surface area contributed by atoms with Crippen molar-refractivity contribution >= 4 is 23.1 Å². The van der Waals surface area contributed by atoms with Gasteiger partial charge < -0.3 is 5.32 Å². The number of hydrogen-bond acceptors (Lipinski definition) is 4. The van der Waals surface area contributed by atoms with Crippen LogP contribution in [-0.2, 0) is 6.54 Å². The minimum atomic E-state index is 0.137. The molecule has 2 rings (SSSR count). The lowest BCUT2D eigenvalue weighted by Gasteiger charge is -2.20. The highest BCUT2D eigenvalue weighted by Crippen LogP contribution is 2.31. The molecule has 0 aliphatic carbocycles. The number of rotatable bonds is 4. The van der Waals surface area contributed by atoms with Crippen molar-refractivity contribution in [3.05, 3.63) is 40.9 Å². The van der Waals surface area contributed by atoms with E-state index in [-0.39, 0.29) is 5.54 Å². The van der Waals surface area contributed by atoms with E-state index in [0.29, 0.717) is 0 Å². The number of thiophene rings is 1. The minimum Gasteiger partial charge on any atom is -0.308 e. The summed E-state index contributed by atoms with van der Waals surface area (Å²) in [5.74, 6) is 0. The van der Waals surface area contributed by atoms with Crippen LogP contribution in [-0.4, -0.2) is 10.5 Å². The zero-order valence-electron chi connectivity index (χ0n) is 11.9. The minimum absolute atomic E-state index is 0.137. The molecule has 0 aliphatic heterocycles. The van der Waals surface area contributed by atoms with Gasteiger partial charge in [-0.05, 0) is 50.3 Å². The Kier molecular flexibility index (Phi) is 4.66. The monoisotopic (exact) mass is 292 g/mol. The number of nitrogens with one attached hydrogen (secondary N) is 1. The number of aryl methyl sites for hydroxylation is 1.